The molecule has 1 amide bonds. The Morgan fingerprint density at radius 1 is 1.00 bits per heavy atom. The number of thiocarbonyl (C=S) groups is 1. The minimum atomic E-state index is -0.397. The van der Waals surface area contributed by atoms with Crippen LogP contribution >= 0.6 is 12.2 Å². The van der Waals surface area contributed by atoms with Gasteiger partial charge in [-0.2, -0.15) is 0 Å². The highest BCUT2D eigenvalue weighted by Crippen LogP contribution is 2.38. The molecule has 3 aromatic carbocycles. The fourth-order valence-electron chi connectivity index (χ4n) is 5.50. The molecule has 0 aromatic heterocycles. The molecule has 0 aliphatic carbocycles. The van der Waals surface area contributed by atoms with Crippen molar-refractivity contribution in [3.8, 4) is 0 Å². The smallest absolute Gasteiger partial charge is 0.337 e. The van der Waals surface area contributed by atoms with Gasteiger partial charge in [-0.15, -0.1) is 0 Å². The Morgan fingerprint density at radius 2 is 1.77 bits per heavy atom. The van der Waals surface area contributed by atoms with Gasteiger partial charge in [-0.25, -0.2) is 4.79 Å². The summed E-state index contributed by atoms with van der Waals surface area (Å²) in [4.78, 5) is 34.9. The highest BCUT2D eigenvalue weighted by atomic mass is 32.1. The molecule has 204 valence electrons. The maximum Gasteiger partial charge on any atom is 0.337 e. The standard InChI is InChI=1S/C31H30N4O4S/c1-38-31(37)21-8-10-25-26(16-21)33-30(40)28(25)29(20-5-3-2-4-6-20)32-24-9-7-22-17-35(18-23(22)15-24)27(36)19-34-11-13-39-14-12-34/h2-10,15-16,28H,11-14,17-19H2,1H3,(H,33,40). The highest BCUT2D eigenvalue weighted by Gasteiger charge is 2.33. The first-order chi connectivity index (χ1) is 19.5. The van der Waals surface area contributed by atoms with Crippen molar-refractivity contribution in [3.63, 3.8) is 0 Å². The van der Waals surface area contributed by atoms with Gasteiger partial charge in [0.2, 0.25) is 5.91 Å². The van der Waals surface area contributed by atoms with Crippen LogP contribution in [0.3, 0.4) is 0 Å². The van der Waals surface area contributed by atoms with Gasteiger partial charge in [-0.3, -0.25) is 14.7 Å². The number of rotatable bonds is 6. The number of hydrogen-bond acceptors (Lipinski definition) is 7. The van der Waals surface area contributed by atoms with Gasteiger partial charge >= 0.3 is 5.97 Å². The number of aliphatic imine (C=N–C) groups is 1. The summed E-state index contributed by atoms with van der Waals surface area (Å²) in [6, 6.07) is 21.6. The first-order valence-corrected chi connectivity index (χ1v) is 13.8. The van der Waals surface area contributed by atoms with E-state index in [1.807, 2.05) is 47.4 Å². The van der Waals surface area contributed by atoms with E-state index < -0.39 is 5.97 Å². The molecule has 1 N–H and O–H groups in total. The van der Waals surface area contributed by atoms with Gasteiger partial charge in [0.1, 0.15) is 0 Å². The molecule has 0 spiro atoms. The lowest BCUT2D eigenvalue weighted by Crippen LogP contribution is -2.43. The van der Waals surface area contributed by atoms with Crippen molar-refractivity contribution >= 4 is 46.2 Å². The minimum Gasteiger partial charge on any atom is -0.465 e. The molecule has 1 saturated heterocycles. The van der Waals surface area contributed by atoms with E-state index in [1.54, 1.807) is 12.1 Å². The number of ether oxygens (including phenoxy) is 2. The van der Waals surface area contributed by atoms with E-state index in [2.05, 4.69) is 22.3 Å². The maximum atomic E-state index is 13.0. The van der Waals surface area contributed by atoms with Crippen molar-refractivity contribution in [1.29, 1.82) is 0 Å². The maximum absolute atomic E-state index is 13.0. The Morgan fingerprint density at radius 3 is 2.55 bits per heavy atom. The topological polar surface area (TPSA) is 83.5 Å². The van der Waals surface area contributed by atoms with E-state index in [-0.39, 0.29) is 11.8 Å². The summed E-state index contributed by atoms with van der Waals surface area (Å²) < 4.78 is 10.3. The zero-order valence-corrected chi connectivity index (χ0v) is 23.1. The first-order valence-electron chi connectivity index (χ1n) is 13.4. The number of esters is 1. The van der Waals surface area contributed by atoms with E-state index in [4.69, 9.17) is 26.7 Å². The Hall–Kier alpha value is -3.92. The van der Waals surface area contributed by atoms with Gasteiger partial charge in [0.25, 0.3) is 0 Å². The van der Waals surface area contributed by atoms with Crippen LogP contribution in [0.1, 0.15) is 38.5 Å². The van der Waals surface area contributed by atoms with Crippen LogP contribution < -0.4 is 5.32 Å². The lowest BCUT2D eigenvalue weighted by atomic mass is 9.90. The van der Waals surface area contributed by atoms with Crippen LogP contribution in [0.15, 0.2) is 71.7 Å². The molecule has 0 radical (unpaired) electrons. The van der Waals surface area contributed by atoms with Gasteiger partial charge < -0.3 is 19.7 Å². The highest BCUT2D eigenvalue weighted by molar-refractivity contribution is 7.80. The molecule has 40 heavy (non-hydrogen) atoms. The van der Waals surface area contributed by atoms with Crippen LogP contribution in [0, 0.1) is 0 Å². The fraction of sp³-hybridized carbons (Fsp3) is 0.290. The summed E-state index contributed by atoms with van der Waals surface area (Å²) in [5, 5.41) is 3.28. The van der Waals surface area contributed by atoms with Crippen LogP contribution in [-0.4, -0.2) is 72.3 Å². The molecule has 3 heterocycles. The lowest BCUT2D eigenvalue weighted by molar-refractivity contribution is -0.134. The molecule has 8 nitrogen and oxygen atoms in total. The molecule has 0 saturated carbocycles. The van der Waals surface area contributed by atoms with Crippen LogP contribution in [0.5, 0.6) is 0 Å². The second-order valence-corrected chi connectivity index (χ2v) is 10.6. The third-order valence-corrected chi connectivity index (χ3v) is 7.96. The molecule has 3 aliphatic heterocycles. The van der Waals surface area contributed by atoms with Crippen LogP contribution in [-0.2, 0) is 27.4 Å². The first kappa shape index (κ1) is 26.3. The molecule has 9 heteroatoms. The summed E-state index contributed by atoms with van der Waals surface area (Å²) in [5.41, 5.74) is 7.05. The van der Waals surface area contributed by atoms with E-state index in [0.717, 1.165) is 52.4 Å². The number of nitrogens with zero attached hydrogens (tertiary/aromatic N) is 3. The molecule has 1 unspecified atom stereocenters. The monoisotopic (exact) mass is 554 g/mol. The molecule has 1 atom stereocenters. The predicted molar refractivity (Wildman–Crippen MR) is 157 cm³/mol. The second kappa shape index (κ2) is 11.3. The van der Waals surface area contributed by atoms with E-state index in [9.17, 15) is 9.59 Å². The number of fused-ring (bicyclic) bond motifs is 2. The van der Waals surface area contributed by atoms with E-state index in [0.29, 0.717) is 43.4 Å². The van der Waals surface area contributed by atoms with Crippen LogP contribution in [0.4, 0.5) is 11.4 Å². The number of hydrogen-bond donors (Lipinski definition) is 1. The summed E-state index contributed by atoms with van der Waals surface area (Å²) in [6.45, 7) is 4.54. The van der Waals surface area contributed by atoms with Crippen LogP contribution in [0.25, 0.3) is 0 Å². The van der Waals surface area contributed by atoms with Gasteiger partial charge in [-0.1, -0.05) is 54.7 Å². The average Bonchev–Trinajstić information content (AvgIpc) is 3.56. The summed E-state index contributed by atoms with van der Waals surface area (Å²) >= 11 is 5.80. The number of carbonyl (C=O) groups excluding carboxylic acids is 2. The zero-order valence-electron chi connectivity index (χ0n) is 22.3. The zero-order chi connectivity index (χ0) is 27.6. The predicted octanol–water partition coefficient (Wildman–Crippen LogP) is 4.31. The van der Waals surface area contributed by atoms with Crippen molar-refractivity contribution in [2.24, 2.45) is 4.99 Å². The van der Waals surface area contributed by atoms with Crippen molar-refractivity contribution in [3.05, 3.63) is 94.5 Å². The third-order valence-electron chi connectivity index (χ3n) is 7.63. The number of benzene rings is 3. The minimum absolute atomic E-state index is 0.137. The average molecular weight is 555 g/mol. The summed E-state index contributed by atoms with van der Waals surface area (Å²) in [7, 11) is 1.37. The largest absolute Gasteiger partial charge is 0.465 e. The quantitative estimate of drug-likeness (QED) is 0.276. The number of carbonyl (C=O) groups is 2. The number of methoxy groups -OCH3 is 1. The molecule has 3 aliphatic rings. The fourth-order valence-corrected chi connectivity index (χ4v) is 5.85. The number of morpholine rings is 1. The van der Waals surface area contributed by atoms with Gasteiger partial charge in [0.15, 0.2) is 0 Å². The molecular formula is C31H30N4O4S. The van der Waals surface area contributed by atoms with Gasteiger partial charge in [0, 0.05) is 31.9 Å². The molecule has 1 fully saturated rings. The normalized spacial score (nSPS) is 18.7. The Balaban J connectivity index is 1.29. The Bertz CT molecular complexity index is 1500. The third kappa shape index (κ3) is 5.28. The van der Waals surface area contributed by atoms with Crippen molar-refractivity contribution < 1.29 is 19.1 Å². The molecule has 0 bridgehead atoms. The van der Waals surface area contributed by atoms with Crippen molar-refractivity contribution in [2.45, 2.75) is 19.0 Å². The Kier molecular flexibility index (Phi) is 7.42. The number of anilines is 1. The molecule has 6 rings (SSSR count). The van der Waals surface area contributed by atoms with E-state index in [1.165, 1.54) is 7.11 Å². The summed E-state index contributed by atoms with van der Waals surface area (Å²) in [6.07, 6.45) is 0. The Labute approximate surface area is 238 Å². The second-order valence-electron chi connectivity index (χ2n) is 10.2. The van der Waals surface area contributed by atoms with Crippen LogP contribution in [0.2, 0.25) is 0 Å². The number of nitrogens with one attached hydrogen (secondary N) is 1. The molecule has 3 aromatic rings. The van der Waals surface area contributed by atoms with Crippen molar-refractivity contribution in [1.82, 2.24) is 9.80 Å². The SMILES string of the molecule is COC(=O)c1ccc2c(c1)NC(=S)C2C(=Nc1ccc2c(c1)CN(C(=O)CN1CCOCC1)C2)c1ccccc1. The lowest BCUT2D eigenvalue weighted by Gasteiger charge is -2.27. The van der Waals surface area contributed by atoms with E-state index >= 15 is 0 Å². The van der Waals surface area contributed by atoms with Gasteiger partial charge in [-0.05, 0) is 46.5 Å². The number of amides is 1. The van der Waals surface area contributed by atoms with Crippen molar-refractivity contribution in [2.75, 3.05) is 45.3 Å². The van der Waals surface area contributed by atoms with Gasteiger partial charge in [0.05, 0.1) is 54.7 Å². The molecular weight excluding hydrogens is 524 g/mol. The summed E-state index contributed by atoms with van der Waals surface area (Å²) in [5.74, 6) is -0.538.